The Morgan fingerprint density at radius 1 is 1.20 bits per heavy atom. The molecule has 2 rings (SSSR count). The van der Waals surface area contributed by atoms with Crippen LogP contribution in [0, 0.1) is 0 Å². The third-order valence-corrected chi connectivity index (χ3v) is 4.25. The average molecular weight is 392 g/mol. The molecule has 1 unspecified atom stereocenters. The zero-order chi connectivity index (χ0) is 16.5. The van der Waals surface area contributed by atoms with Gasteiger partial charge in [-0.15, -0.1) is 24.8 Å². The summed E-state index contributed by atoms with van der Waals surface area (Å²) in [6.45, 7) is 4.11. The third-order valence-electron chi connectivity index (χ3n) is 4.25. The molecular weight excluding hydrogens is 361 g/mol. The summed E-state index contributed by atoms with van der Waals surface area (Å²) in [6, 6.07) is 7.82. The molecule has 144 valence electrons. The second-order valence-corrected chi connectivity index (χ2v) is 6.29. The number of ether oxygens (including phenoxy) is 1. The zero-order valence-electron chi connectivity index (χ0n) is 14.9. The molecule has 1 aliphatic rings. The number of likely N-dealkylation sites (tertiary alicyclic amines) is 1. The van der Waals surface area contributed by atoms with E-state index in [2.05, 4.69) is 28.4 Å². The Balaban J connectivity index is 0.00000288. The van der Waals surface area contributed by atoms with Gasteiger partial charge in [-0.2, -0.15) is 0 Å². The molecule has 5 nitrogen and oxygen atoms in total. The number of hydrogen-bond donors (Lipinski definition) is 2. The van der Waals surface area contributed by atoms with Gasteiger partial charge in [0, 0.05) is 20.2 Å². The number of rotatable bonds is 7. The van der Waals surface area contributed by atoms with E-state index in [-0.39, 0.29) is 37.3 Å². The Bertz CT molecular complexity index is 495. The topological polar surface area (TPSA) is 67.6 Å². The first-order valence-electron chi connectivity index (χ1n) is 8.51. The molecule has 0 bridgehead atoms. The van der Waals surface area contributed by atoms with Gasteiger partial charge in [-0.05, 0) is 37.1 Å². The molecule has 25 heavy (non-hydrogen) atoms. The SMILES string of the molecule is COCC(N)C(=O)NCc1cccc(CN2CCCCCC2)c1.Cl.Cl. The molecule has 7 heteroatoms. The summed E-state index contributed by atoms with van der Waals surface area (Å²) in [6.07, 6.45) is 5.30. The predicted octanol–water partition coefficient (Wildman–Crippen LogP) is 2.50. The van der Waals surface area contributed by atoms with E-state index in [1.165, 1.54) is 44.3 Å². The molecule has 0 saturated carbocycles. The van der Waals surface area contributed by atoms with E-state index >= 15 is 0 Å². The van der Waals surface area contributed by atoms with Crippen molar-refractivity contribution in [3.05, 3.63) is 35.4 Å². The van der Waals surface area contributed by atoms with Crippen LogP contribution in [0.5, 0.6) is 0 Å². The van der Waals surface area contributed by atoms with Crippen LogP contribution >= 0.6 is 24.8 Å². The molecule has 1 heterocycles. The van der Waals surface area contributed by atoms with E-state index in [0.29, 0.717) is 6.54 Å². The number of benzene rings is 1. The van der Waals surface area contributed by atoms with Crippen LogP contribution in [0.3, 0.4) is 0 Å². The van der Waals surface area contributed by atoms with Crippen molar-refractivity contribution in [3.8, 4) is 0 Å². The van der Waals surface area contributed by atoms with Crippen LogP contribution in [-0.2, 0) is 22.6 Å². The monoisotopic (exact) mass is 391 g/mol. The Kier molecular flexibility index (Phi) is 12.9. The van der Waals surface area contributed by atoms with Crippen LogP contribution in [0.1, 0.15) is 36.8 Å². The number of nitrogens with two attached hydrogens (primary N) is 1. The maximum absolute atomic E-state index is 11.8. The minimum atomic E-state index is -0.611. The lowest BCUT2D eigenvalue weighted by Crippen LogP contribution is -2.43. The number of amides is 1. The number of carbonyl (C=O) groups excluding carboxylic acids is 1. The average Bonchev–Trinajstić information content (AvgIpc) is 2.82. The number of nitrogens with zero attached hydrogens (tertiary/aromatic N) is 1. The first-order chi connectivity index (χ1) is 11.2. The smallest absolute Gasteiger partial charge is 0.239 e. The van der Waals surface area contributed by atoms with E-state index in [4.69, 9.17) is 10.5 Å². The summed E-state index contributed by atoms with van der Waals surface area (Å²) in [7, 11) is 1.54. The van der Waals surface area contributed by atoms with Crippen molar-refractivity contribution in [3.63, 3.8) is 0 Å². The maximum atomic E-state index is 11.8. The maximum Gasteiger partial charge on any atom is 0.239 e. The number of carbonyl (C=O) groups is 1. The highest BCUT2D eigenvalue weighted by Crippen LogP contribution is 2.14. The van der Waals surface area contributed by atoms with E-state index in [9.17, 15) is 4.79 Å². The molecule has 1 amide bonds. The summed E-state index contributed by atoms with van der Waals surface area (Å²) in [5.74, 6) is -0.176. The van der Waals surface area contributed by atoms with Crippen molar-refractivity contribution in [2.75, 3.05) is 26.8 Å². The van der Waals surface area contributed by atoms with Gasteiger partial charge in [-0.1, -0.05) is 37.1 Å². The summed E-state index contributed by atoms with van der Waals surface area (Å²) < 4.78 is 4.90. The molecule has 1 aliphatic heterocycles. The van der Waals surface area contributed by atoms with E-state index in [1.807, 2.05) is 6.07 Å². The molecule has 1 aromatic carbocycles. The summed E-state index contributed by atoms with van der Waals surface area (Å²) in [4.78, 5) is 14.3. The fraction of sp³-hybridized carbons (Fsp3) is 0.611. The van der Waals surface area contributed by atoms with Gasteiger partial charge >= 0.3 is 0 Å². The van der Waals surface area contributed by atoms with Gasteiger partial charge in [-0.3, -0.25) is 9.69 Å². The van der Waals surface area contributed by atoms with Crippen LogP contribution < -0.4 is 11.1 Å². The zero-order valence-corrected chi connectivity index (χ0v) is 16.5. The van der Waals surface area contributed by atoms with Crippen LogP contribution in [0.15, 0.2) is 24.3 Å². The summed E-state index contributed by atoms with van der Waals surface area (Å²) >= 11 is 0. The molecule has 1 atom stereocenters. The first kappa shape index (κ1) is 24.1. The normalized spacial score (nSPS) is 16.1. The molecule has 0 spiro atoms. The largest absolute Gasteiger partial charge is 0.383 e. The van der Waals surface area contributed by atoms with E-state index < -0.39 is 6.04 Å². The van der Waals surface area contributed by atoms with Gasteiger partial charge < -0.3 is 15.8 Å². The first-order valence-corrected chi connectivity index (χ1v) is 8.51. The van der Waals surface area contributed by atoms with Crippen LogP contribution in [0.4, 0.5) is 0 Å². The third kappa shape index (κ3) is 8.88. The Hall–Kier alpha value is -0.850. The number of halogens is 2. The quantitative estimate of drug-likeness (QED) is 0.748. The predicted molar refractivity (Wildman–Crippen MR) is 106 cm³/mol. The molecule has 0 radical (unpaired) electrons. The molecule has 0 aliphatic carbocycles. The van der Waals surface area contributed by atoms with E-state index in [0.717, 1.165) is 12.1 Å². The van der Waals surface area contributed by atoms with E-state index in [1.54, 1.807) is 7.11 Å². The molecule has 1 fully saturated rings. The Labute approximate surface area is 163 Å². The van der Waals surface area contributed by atoms with Crippen molar-refractivity contribution < 1.29 is 9.53 Å². The minimum absolute atomic E-state index is 0. The highest BCUT2D eigenvalue weighted by molar-refractivity contribution is 5.85. The molecule has 0 aromatic heterocycles. The summed E-state index contributed by atoms with van der Waals surface area (Å²) in [5, 5.41) is 2.87. The molecular formula is C18H31Cl2N3O2. The number of methoxy groups -OCH3 is 1. The number of nitrogens with one attached hydrogen (secondary N) is 1. The Morgan fingerprint density at radius 2 is 1.84 bits per heavy atom. The van der Waals surface area contributed by atoms with Crippen molar-refractivity contribution in [2.24, 2.45) is 5.73 Å². The van der Waals surface area contributed by atoms with Crippen molar-refractivity contribution in [2.45, 2.75) is 44.8 Å². The van der Waals surface area contributed by atoms with Gasteiger partial charge in [0.15, 0.2) is 0 Å². The second-order valence-electron chi connectivity index (χ2n) is 6.29. The van der Waals surface area contributed by atoms with Gasteiger partial charge in [0.1, 0.15) is 6.04 Å². The lowest BCUT2D eigenvalue weighted by atomic mass is 10.1. The minimum Gasteiger partial charge on any atom is -0.383 e. The molecule has 1 aromatic rings. The van der Waals surface area contributed by atoms with Gasteiger partial charge in [0.2, 0.25) is 5.91 Å². The van der Waals surface area contributed by atoms with Crippen LogP contribution in [-0.4, -0.2) is 43.7 Å². The van der Waals surface area contributed by atoms with Crippen molar-refractivity contribution in [1.29, 1.82) is 0 Å². The van der Waals surface area contributed by atoms with Gasteiger partial charge in [-0.25, -0.2) is 0 Å². The summed E-state index contributed by atoms with van der Waals surface area (Å²) in [5.41, 5.74) is 8.13. The van der Waals surface area contributed by atoms with Gasteiger partial charge in [0.05, 0.1) is 6.61 Å². The highest BCUT2D eigenvalue weighted by atomic mass is 35.5. The fourth-order valence-corrected chi connectivity index (χ4v) is 2.97. The van der Waals surface area contributed by atoms with Crippen LogP contribution in [0.25, 0.3) is 0 Å². The van der Waals surface area contributed by atoms with Crippen LogP contribution in [0.2, 0.25) is 0 Å². The second kappa shape index (κ2) is 13.4. The lowest BCUT2D eigenvalue weighted by Gasteiger charge is -2.20. The lowest BCUT2D eigenvalue weighted by molar-refractivity contribution is -0.123. The van der Waals surface area contributed by atoms with Crippen molar-refractivity contribution >= 4 is 30.7 Å². The molecule has 1 saturated heterocycles. The molecule has 3 N–H and O–H groups in total. The number of hydrogen-bond acceptors (Lipinski definition) is 4. The Morgan fingerprint density at radius 3 is 2.48 bits per heavy atom. The highest BCUT2D eigenvalue weighted by Gasteiger charge is 2.13. The fourth-order valence-electron chi connectivity index (χ4n) is 2.97. The standard InChI is InChI=1S/C18H29N3O2.2ClH/c1-23-14-17(19)18(22)20-12-15-7-6-8-16(11-15)13-21-9-4-2-3-5-10-21;;/h6-8,11,17H,2-5,9-10,12-14,19H2,1H3,(H,20,22);2*1H. The van der Waals surface area contributed by atoms with Gasteiger partial charge in [0.25, 0.3) is 0 Å². The van der Waals surface area contributed by atoms with Crippen molar-refractivity contribution in [1.82, 2.24) is 10.2 Å².